The maximum Gasteiger partial charge on any atom is 0.261 e. The van der Waals surface area contributed by atoms with Crippen LogP contribution >= 0.6 is 12.2 Å². The fourth-order valence-corrected chi connectivity index (χ4v) is 4.38. The standard InChI is InChI=1S/C24H29N3O4S2/c1-5-15-27(16-6-2)33(29,30)20-13-11-19(12-14-20)25-24(32)26-23(28)21-9-7-8-10-22(21)31-17-18(3)4/h5-14,18H,1-2,15-17H2,3-4H3,(H2,25,26,28,32). The molecule has 0 fully saturated rings. The predicted molar refractivity (Wildman–Crippen MR) is 136 cm³/mol. The zero-order valence-corrected chi connectivity index (χ0v) is 20.4. The molecule has 9 heteroatoms. The average molecular weight is 488 g/mol. The molecule has 7 nitrogen and oxygen atoms in total. The quantitative estimate of drug-likeness (QED) is 0.365. The van der Waals surface area contributed by atoms with Gasteiger partial charge >= 0.3 is 0 Å². The van der Waals surface area contributed by atoms with E-state index in [0.29, 0.717) is 29.5 Å². The molecule has 0 unspecified atom stereocenters. The second-order valence-electron chi connectivity index (χ2n) is 7.53. The van der Waals surface area contributed by atoms with Gasteiger partial charge in [-0.3, -0.25) is 10.1 Å². The molecule has 2 N–H and O–H groups in total. The molecule has 0 saturated carbocycles. The molecule has 2 rings (SSSR count). The first-order valence-electron chi connectivity index (χ1n) is 10.3. The van der Waals surface area contributed by atoms with Crippen molar-refractivity contribution >= 4 is 38.9 Å². The number of hydrogen-bond acceptors (Lipinski definition) is 5. The summed E-state index contributed by atoms with van der Waals surface area (Å²) in [6.45, 7) is 12.1. The number of sulfonamides is 1. The third-order valence-electron chi connectivity index (χ3n) is 4.35. The number of ether oxygens (including phenoxy) is 1. The molecule has 0 aliphatic rings. The van der Waals surface area contributed by atoms with Gasteiger partial charge in [0.2, 0.25) is 10.0 Å². The largest absolute Gasteiger partial charge is 0.492 e. The van der Waals surface area contributed by atoms with Crippen molar-refractivity contribution in [1.82, 2.24) is 9.62 Å². The Kier molecular flexibility index (Phi) is 9.77. The lowest BCUT2D eigenvalue weighted by atomic mass is 10.2. The number of anilines is 1. The van der Waals surface area contributed by atoms with E-state index in [2.05, 4.69) is 23.8 Å². The summed E-state index contributed by atoms with van der Waals surface area (Å²) >= 11 is 5.25. The molecule has 0 aliphatic heterocycles. The Morgan fingerprint density at radius 3 is 2.27 bits per heavy atom. The van der Waals surface area contributed by atoms with Crippen LogP contribution in [-0.4, -0.2) is 43.4 Å². The normalized spacial score (nSPS) is 11.2. The first-order valence-corrected chi connectivity index (χ1v) is 12.2. The number of para-hydroxylation sites is 1. The Balaban J connectivity index is 2.06. The highest BCUT2D eigenvalue weighted by molar-refractivity contribution is 7.89. The number of carbonyl (C=O) groups is 1. The van der Waals surface area contributed by atoms with Crippen molar-refractivity contribution in [3.05, 3.63) is 79.4 Å². The molecule has 0 aliphatic carbocycles. The van der Waals surface area contributed by atoms with E-state index < -0.39 is 15.9 Å². The Morgan fingerprint density at radius 1 is 1.09 bits per heavy atom. The zero-order chi connectivity index (χ0) is 24.4. The van der Waals surface area contributed by atoms with Crippen LogP contribution in [0.1, 0.15) is 24.2 Å². The Morgan fingerprint density at radius 2 is 1.70 bits per heavy atom. The number of thiocarbonyl (C=S) groups is 1. The fourth-order valence-electron chi connectivity index (χ4n) is 2.79. The van der Waals surface area contributed by atoms with E-state index in [-0.39, 0.29) is 23.1 Å². The van der Waals surface area contributed by atoms with E-state index in [0.717, 1.165) is 0 Å². The molecule has 0 bridgehead atoms. The number of amides is 1. The maximum atomic E-state index is 12.8. The van der Waals surface area contributed by atoms with Crippen LogP contribution in [0.15, 0.2) is 78.7 Å². The molecular weight excluding hydrogens is 458 g/mol. The summed E-state index contributed by atoms with van der Waals surface area (Å²) in [5.41, 5.74) is 0.899. The summed E-state index contributed by atoms with van der Waals surface area (Å²) in [6, 6.07) is 13.0. The van der Waals surface area contributed by atoms with Gasteiger partial charge in [-0.25, -0.2) is 8.42 Å². The highest BCUT2D eigenvalue weighted by atomic mass is 32.2. The van der Waals surface area contributed by atoms with Crippen molar-refractivity contribution in [2.45, 2.75) is 18.7 Å². The van der Waals surface area contributed by atoms with Gasteiger partial charge in [-0.2, -0.15) is 4.31 Å². The molecular formula is C24H29N3O4S2. The molecule has 0 saturated heterocycles. The third kappa shape index (κ3) is 7.52. The first kappa shape index (κ1) is 26.2. The Labute approximate surface area is 201 Å². The van der Waals surface area contributed by atoms with Crippen molar-refractivity contribution in [3.63, 3.8) is 0 Å². The lowest BCUT2D eigenvalue weighted by Crippen LogP contribution is -2.34. The molecule has 0 aromatic heterocycles. The van der Waals surface area contributed by atoms with Crippen LogP contribution in [0.3, 0.4) is 0 Å². The van der Waals surface area contributed by atoms with Crippen LogP contribution in [0.2, 0.25) is 0 Å². The van der Waals surface area contributed by atoms with Gasteiger partial charge in [-0.15, -0.1) is 13.2 Å². The number of carbonyl (C=O) groups excluding carboxylic acids is 1. The van der Waals surface area contributed by atoms with Gasteiger partial charge in [-0.05, 0) is 54.5 Å². The van der Waals surface area contributed by atoms with Crippen LogP contribution in [-0.2, 0) is 10.0 Å². The molecule has 0 radical (unpaired) electrons. The van der Waals surface area contributed by atoms with E-state index in [1.807, 2.05) is 13.8 Å². The molecule has 176 valence electrons. The third-order valence-corrected chi connectivity index (χ3v) is 6.40. The van der Waals surface area contributed by atoms with Crippen LogP contribution in [0.5, 0.6) is 5.75 Å². The molecule has 1 amide bonds. The van der Waals surface area contributed by atoms with Gasteiger partial charge < -0.3 is 10.1 Å². The van der Waals surface area contributed by atoms with Crippen molar-refractivity contribution in [2.75, 3.05) is 25.0 Å². The molecule has 0 heterocycles. The van der Waals surface area contributed by atoms with Crippen LogP contribution < -0.4 is 15.4 Å². The lowest BCUT2D eigenvalue weighted by molar-refractivity contribution is 0.0973. The van der Waals surface area contributed by atoms with Crippen LogP contribution in [0.4, 0.5) is 5.69 Å². The van der Waals surface area contributed by atoms with E-state index in [1.54, 1.807) is 36.4 Å². The maximum absolute atomic E-state index is 12.8. The Bertz CT molecular complexity index is 1090. The van der Waals surface area contributed by atoms with Gasteiger partial charge in [-0.1, -0.05) is 38.1 Å². The summed E-state index contributed by atoms with van der Waals surface area (Å²) in [5, 5.41) is 5.59. The van der Waals surface area contributed by atoms with Gasteiger partial charge in [0.1, 0.15) is 5.75 Å². The summed E-state index contributed by atoms with van der Waals surface area (Å²) in [6.07, 6.45) is 3.04. The van der Waals surface area contributed by atoms with Crippen molar-refractivity contribution in [1.29, 1.82) is 0 Å². The topological polar surface area (TPSA) is 87.7 Å². The van der Waals surface area contributed by atoms with Gasteiger partial charge in [0.25, 0.3) is 5.91 Å². The molecule has 0 atom stereocenters. The second kappa shape index (κ2) is 12.3. The number of hydrogen-bond donors (Lipinski definition) is 2. The SMILES string of the molecule is C=CCN(CC=C)S(=O)(=O)c1ccc(NC(=S)NC(=O)c2ccccc2OCC(C)C)cc1. The highest BCUT2D eigenvalue weighted by Crippen LogP contribution is 2.20. The minimum absolute atomic E-state index is 0.0780. The van der Waals surface area contributed by atoms with Crippen molar-refractivity contribution < 1.29 is 17.9 Å². The summed E-state index contributed by atoms with van der Waals surface area (Å²) in [7, 11) is -3.70. The Hall–Kier alpha value is -3.01. The fraction of sp³-hybridized carbons (Fsp3) is 0.250. The minimum Gasteiger partial charge on any atom is -0.492 e. The second-order valence-corrected chi connectivity index (χ2v) is 9.88. The van der Waals surface area contributed by atoms with E-state index in [9.17, 15) is 13.2 Å². The number of rotatable bonds is 11. The molecule has 2 aromatic rings. The smallest absolute Gasteiger partial charge is 0.261 e. The van der Waals surface area contributed by atoms with Crippen LogP contribution in [0.25, 0.3) is 0 Å². The highest BCUT2D eigenvalue weighted by Gasteiger charge is 2.22. The van der Waals surface area contributed by atoms with E-state index >= 15 is 0 Å². The van der Waals surface area contributed by atoms with Gasteiger partial charge in [0.05, 0.1) is 17.1 Å². The first-order chi connectivity index (χ1) is 15.7. The number of nitrogens with zero attached hydrogens (tertiary/aromatic N) is 1. The monoisotopic (exact) mass is 487 g/mol. The van der Waals surface area contributed by atoms with Crippen molar-refractivity contribution in [2.24, 2.45) is 5.92 Å². The zero-order valence-electron chi connectivity index (χ0n) is 18.8. The number of benzene rings is 2. The minimum atomic E-state index is -3.70. The average Bonchev–Trinajstić information content (AvgIpc) is 2.78. The summed E-state index contributed by atoms with van der Waals surface area (Å²) in [5.74, 6) is 0.386. The van der Waals surface area contributed by atoms with E-state index in [4.69, 9.17) is 17.0 Å². The van der Waals surface area contributed by atoms with Gasteiger partial charge in [0.15, 0.2) is 5.11 Å². The lowest BCUT2D eigenvalue weighted by Gasteiger charge is -2.19. The summed E-state index contributed by atoms with van der Waals surface area (Å²) < 4.78 is 32.6. The summed E-state index contributed by atoms with van der Waals surface area (Å²) in [4.78, 5) is 12.8. The molecule has 2 aromatic carbocycles. The predicted octanol–water partition coefficient (Wildman–Crippen LogP) is 4.21. The molecule has 0 spiro atoms. The van der Waals surface area contributed by atoms with Crippen molar-refractivity contribution in [3.8, 4) is 5.75 Å². The van der Waals surface area contributed by atoms with Crippen LogP contribution in [0, 0.1) is 5.92 Å². The molecule has 33 heavy (non-hydrogen) atoms. The number of nitrogens with one attached hydrogen (secondary N) is 2. The van der Waals surface area contributed by atoms with E-state index in [1.165, 1.54) is 28.6 Å². The van der Waals surface area contributed by atoms with Gasteiger partial charge in [0, 0.05) is 18.8 Å².